The van der Waals surface area contributed by atoms with Crippen LogP contribution in [0.15, 0.2) is 79.3 Å². The van der Waals surface area contributed by atoms with Gasteiger partial charge in [-0.25, -0.2) is 4.98 Å². The highest BCUT2D eigenvalue weighted by molar-refractivity contribution is 6.16. The molecule has 3 nitrogen and oxygen atoms in total. The van der Waals surface area contributed by atoms with Crippen molar-refractivity contribution < 1.29 is 0 Å². The normalized spacial score (nSPS) is 12.1. The first-order valence-corrected chi connectivity index (χ1v) is 13.2. The lowest BCUT2D eigenvalue weighted by Crippen LogP contribution is -2.20. The molecule has 2 N–H and O–H groups in total. The number of nitrogens with two attached hydrogens (primary N) is 1. The summed E-state index contributed by atoms with van der Waals surface area (Å²) in [6.45, 7) is 11.3. The molecule has 0 bridgehead atoms. The van der Waals surface area contributed by atoms with Gasteiger partial charge in [0.2, 0.25) is 0 Å². The number of benzene rings is 3. The lowest BCUT2D eigenvalue weighted by atomic mass is 9.75. The molecule has 2 heterocycles. The Balaban J connectivity index is 2.02. The van der Waals surface area contributed by atoms with Crippen LogP contribution in [0, 0.1) is 13.8 Å². The first kappa shape index (κ1) is 24.7. The van der Waals surface area contributed by atoms with Crippen molar-refractivity contribution in [2.24, 2.45) is 5.73 Å². The van der Waals surface area contributed by atoms with Crippen molar-refractivity contribution in [1.82, 2.24) is 9.97 Å². The number of pyridine rings is 2. The standard InChI is InChI=1S/C34H35N3/c1-6-34(5,7-2)29-16-15-27(31-22(3)10-8-11-23(31)4)32-28-20-24(25-12-9-19-36-21-25)13-14-26(28)30(17-18-35)37-33(29)32/h8-21H,6-7,35H2,1-5H3/b18-17-. The Labute approximate surface area is 220 Å². The Morgan fingerprint density at radius 3 is 2.27 bits per heavy atom. The van der Waals surface area contributed by atoms with Crippen molar-refractivity contribution in [3.05, 3.63) is 102 Å². The van der Waals surface area contributed by atoms with Crippen LogP contribution in [0.4, 0.5) is 0 Å². The molecule has 0 radical (unpaired) electrons. The summed E-state index contributed by atoms with van der Waals surface area (Å²) in [4.78, 5) is 9.69. The summed E-state index contributed by atoms with van der Waals surface area (Å²) in [7, 11) is 0. The maximum absolute atomic E-state index is 5.92. The summed E-state index contributed by atoms with van der Waals surface area (Å²) in [5.41, 5.74) is 16.5. The van der Waals surface area contributed by atoms with Crippen LogP contribution in [0.5, 0.6) is 0 Å². The Morgan fingerprint density at radius 2 is 1.62 bits per heavy atom. The number of hydrogen-bond donors (Lipinski definition) is 1. The predicted octanol–water partition coefficient (Wildman–Crippen LogP) is 8.74. The van der Waals surface area contributed by atoms with E-state index in [0.29, 0.717) is 0 Å². The quantitative estimate of drug-likeness (QED) is 0.245. The molecule has 186 valence electrons. The predicted molar refractivity (Wildman–Crippen MR) is 159 cm³/mol. The highest BCUT2D eigenvalue weighted by Crippen LogP contribution is 2.44. The third-order valence-corrected chi connectivity index (χ3v) is 8.19. The summed E-state index contributed by atoms with van der Waals surface area (Å²) in [6, 6.07) is 21.9. The Kier molecular flexibility index (Phi) is 6.55. The van der Waals surface area contributed by atoms with E-state index in [4.69, 9.17) is 10.7 Å². The third kappa shape index (κ3) is 4.19. The Morgan fingerprint density at radius 1 is 0.865 bits per heavy atom. The van der Waals surface area contributed by atoms with E-state index in [1.165, 1.54) is 38.6 Å². The monoisotopic (exact) mass is 485 g/mol. The van der Waals surface area contributed by atoms with E-state index in [9.17, 15) is 0 Å². The van der Waals surface area contributed by atoms with Crippen LogP contribution in [-0.2, 0) is 5.41 Å². The van der Waals surface area contributed by atoms with Gasteiger partial charge in [0.05, 0.1) is 11.2 Å². The van der Waals surface area contributed by atoms with Crippen molar-refractivity contribution >= 4 is 27.8 Å². The smallest absolute Gasteiger partial charge is 0.0759 e. The second kappa shape index (κ2) is 9.82. The number of aromatic nitrogens is 2. The number of rotatable bonds is 6. The molecule has 0 aliphatic carbocycles. The highest BCUT2D eigenvalue weighted by atomic mass is 14.7. The summed E-state index contributed by atoms with van der Waals surface area (Å²) >= 11 is 0. The highest BCUT2D eigenvalue weighted by Gasteiger charge is 2.28. The van der Waals surface area contributed by atoms with E-state index in [-0.39, 0.29) is 5.41 Å². The van der Waals surface area contributed by atoms with Gasteiger partial charge in [0.1, 0.15) is 0 Å². The van der Waals surface area contributed by atoms with Gasteiger partial charge in [-0.15, -0.1) is 0 Å². The third-order valence-electron chi connectivity index (χ3n) is 8.19. The molecule has 37 heavy (non-hydrogen) atoms. The molecule has 0 atom stereocenters. The van der Waals surface area contributed by atoms with Gasteiger partial charge in [-0.1, -0.05) is 69.3 Å². The van der Waals surface area contributed by atoms with Crippen LogP contribution in [0.3, 0.4) is 0 Å². The second-order valence-corrected chi connectivity index (χ2v) is 10.3. The van der Waals surface area contributed by atoms with Crippen molar-refractivity contribution in [3.8, 4) is 22.3 Å². The molecule has 3 heteroatoms. The average Bonchev–Trinajstić information content (AvgIpc) is 2.93. The molecular formula is C34H35N3. The van der Waals surface area contributed by atoms with E-state index < -0.39 is 0 Å². The molecule has 0 unspecified atom stereocenters. The zero-order valence-electron chi connectivity index (χ0n) is 22.5. The summed E-state index contributed by atoms with van der Waals surface area (Å²) in [5, 5.41) is 3.49. The second-order valence-electron chi connectivity index (χ2n) is 10.3. The maximum Gasteiger partial charge on any atom is 0.0759 e. The molecule has 0 fully saturated rings. The van der Waals surface area contributed by atoms with Crippen LogP contribution in [0.1, 0.15) is 56.0 Å². The van der Waals surface area contributed by atoms with E-state index in [1.807, 2.05) is 24.5 Å². The van der Waals surface area contributed by atoms with Crippen LogP contribution >= 0.6 is 0 Å². The van der Waals surface area contributed by atoms with Crippen LogP contribution in [0.2, 0.25) is 0 Å². The molecule has 0 saturated carbocycles. The van der Waals surface area contributed by atoms with Crippen LogP contribution in [0.25, 0.3) is 50.0 Å². The number of fused-ring (bicyclic) bond motifs is 3. The lowest BCUT2D eigenvalue weighted by Gasteiger charge is -2.30. The van der Waals surface area contributed by atoms with E-state index in [0.717, 1.165) is 40.6 Å². The van der Waals surface area contributed by atoms with Gasteiger partial charge in [0.25, 0.3) is 0 Å². The molecule has 5 aromatic rings. The largest absolute Gasteiger partial charge is 0.405 e. The van der Waals surface area contributed by atoms with Crippen LogP contribution in [-0.4, -0.2) is 9.97 Å². The zero-order chi connectivity index (χ0) is 26.2. The molecular weight excluding hydrogens is 450 g/mol. The molecule has 0 spiro atoms. The first-order valence-electron chi connectivity index (χ1n) is 13.2. The molecule has 0 aliphatic heterocycles. The fourth-order valence-corrected chi connectivity index (χ4v) is 5.63. The molecule has 0 amide bonds. The van der Waals surface area contributed by atoms with Gasteiger partial charge in [-0.2, -0.15) is 0 Å². The minimum absolute atomic E-state index is 0.0168. The topological polar surface area (TPSA) is 51.8 Å². The molecule has 3 aromatic carbocycles. The SMILES string of the molecule is CCC(C)(CC)c1ccc(-c2c(C)cccc2C)c2c1nc(/C=C\N)c1ccc(-c3cccnc3)cc12. The van der Waals surface area contributed by atoms with Gasteiger partial charge in [-0.3, -0.25) is 4.98 Å². The minimum Gasteiger partial charge on any atom is -0.405 e. The fraction of sp³-hybridized carbons (Fsp3) is 0.235. The van der Waals surface area contributed by atoms with Gasteiger partial charge in [0.15, 0.2) is 0 Å². The molecule has 5 rings (SSSR count). The van der Waals surface area contributed by atoms with Gasteiger partial charge in [-0.05, 0) is 95.3 Å². The first-order chi connectivity index (χ1) is 17.9. The lowest BCUT2D eigenvalue weighted by molar-refractivity contribution is 0.442. The maximum atomic E-state index is 5.92. The Bertz CT molecular complexity index is 1610. The van der Waals surface area contributed by atoms with Crippen molar-refractivity contribution in [1.29, 1.82) is 0 Å². The Hall–Kier alpha value is -3.98. The molecule has 0 aliphatic rings. The molecule has 0 saturated heterocycles. The van der Waals surface area contributed by atoms with Gasteiger partial charge < -0.3 is 5.73 Å². The van der Waals surface area contributed by atoms with Gasteiger partial charge in [0, 0.05) is 28.7 Å². The van der Waals surface area contributed by atoms with E-state index in [2.05, 4.69) is 94.2 Å². The van der Waals surface area contributed by atoms with Crippen molar-refractivity contribution in [2.45, 2.75) is 52.9 Å². The number of nitrogens with zero attached hydrogens (tertiary/aromatic N) is 2. The number of aryl methyl sites for hydroxylation is 2. The van der Waals surface area contributed by atoms with E-state index in [1.54, 1.807) is 6.20 Å². The van der Waals surface area contributed by atoms with Crippen molar-refractivity contribution in [2.75, 3.05) is 0 Å². The van der Waals surface area contributed by atoms with Gasteiger partial charge >= 0.3 is 0 Å². The zero-order valence-corrected chi connectivity index (χ0v) is 22.5. The average molecular weight is 486 g/mol. The summed E-state index contributed by atoms with van der Waals surface area (Å²) in [6.07, 6.45) is 9.34. The van der Waals surface area contributed by atoms with E-state index >= 15 is 0 Å². The number of hydrogen-bond acceptors (Lipinski definition) is 3. The van der Waals surface area contributed by atoms with Crippen molar-refractivity contribution in [3.63, 3.8) is 0 Å². The summed E-state index contributed by atoms with van der Waals surface area (Å²) < 4.78 is 0. The minimum atomic E-state index is 0.0168. The fourth-order valence-electron chi connectivity index (χ4n) is 5.63. The van der Waals surface area contributed by atoms with Crippen LogP contribution < -0.4 is 5.73 Å². The molecule has 2 aromatic heterocycles. The summed E-state index contributed by atoms with van der Waals surface area (Å²) in [5.74, 6) is 0.